The predicted molar refractivity (Wildman–Crippen MR) is 62.7 cm³/mol. The summed E-state index contributed by atoms with van der Waals surface area (Å²) in [4.78, 5) is 0. The van der Waals surface area contributed by atoms with Crippen molar-refractivity contribution >= 4 is 5.57 Å². The van der Waals surface area contributed by atoms with Crippen molar-refractivity contribution in [2.75, 3.05) is 0 Å². The topological polar surface area (TPSA) is 0 Å². The molecule has 2 aliphatic carbocycles. The first-order valence-electron chi connectivity index (χ1n) is 5.81. The Bertz CT molecular complexity index is 638. The van der Waals surface area contributed by atoms with Gasteiger partial charge in [0.15, 0.2) is 0 Å². The molecular formula is C15H10. The third-order valence-electron chi connectivity index (χ3n) is 3.30. The van der Waals surface area contributed by atoms with E-state index in [2.05, 4.69) is 48.5 Å². The summed E-state index contributed by atoms with van der Waals surface area (Å²) in [6, 6.07) is 14.8. The smallest absolute Gasteiger partial charge is 0.0360 e. The van der Waals surface area contributed by atoms with Crippen LogP contribution in [0.1, 0.15) is 18.1 Å². The lowest BCUT2D eigenvalue weighted by Gasteiger charge is -2.01. The Kier molecular flexibility index (Phi) is 1.06. The highest BCUT2D eigenvalue weighted by molar-refractivity contribution is 6.03. The van der Waals surface area contributed by atoms with E-state index in [0.29, 0.717) is 0 Å². The van der Waals surface area contributed by atoms with Gasteiger partial charge in [-0.1, -0.05) is 48.5 Å². The Hall–Kier alpha value is -1.82. The minimum Gasteiger partial charge on any atom is -0.0716 e. The van der Waals surface area contributed by atoms with E-state index < -0.39 is 0 Å². The maximum Gasteiger partial charge on any atom is 0.0360 e. The summed E-state index contributed by atoms with van der Waals surface area (Å²) in [5, 5.41) is 0. The number of hydrogen-bond acceptors (Lipinski definition) is 0. The van der Waals surface area contributed by atoms with Gasteiger partial charge in [0, 0.05) is 1.37 Å². The summed E-state index contributed by atoms with van der Waals surface area (Å²) in [5.74, 6) is 0. The molecule has 2 aliphatic rings. The molecule has 0 N–H and O–H groups in total. The summed E-state index contributed by atoms with van der Waals surface area (Å²) in [7, 11) is 0. The van der Waals surface area contributed by atoms with E-state index in [1.807, 2.05) is 0 Å². The van der Waals surface area contributed by atoms with E-state index in [9.17, 15) is 0 Å². The molecule has 2 aromatic carbocycles. The number of benzene rings is 2. The zero-order valence-corrected chi connectivity index (χ0v) is 8.20. The molecule has 1 atom stereocenters. The third kappa shape index (κ3) is 0.782. The molecule has 0 heterocycles. The third-order valence-corrected chi connectivity index (χ3v) is 3.30. The molecule has 15 heavy (non-hydrogen) atoms. The number of allylic oxidation sites excluding steroid dienone is 1. The second-order valence-corrected chi connectivity index (χ2v) is 4.06. The molecule has 70 valence electrons. The van der Waals surface area contributed by atoms with E-state index in [0.717, 1.165) is 5.56 Å². The first kappa shape index (κ1) is 6.62. The van der Waals surface area contributed by atoms with Gasteiger partial charge in [0.2, 0.25) is 0 Å². The highest BCUT2D eigenvalue weighted by Gasteiger charge is 2.27. The average Bonchev–Trinajstić information content (AvgIpc) is 2.82. The fourth-order valence-corrected chi connectivity index (χ4v) is 2.67. The number of fused-ring (bicyclic) bond motifs is 3. The van der Waals surface area contributed by atoms with Crippen molar-refractivity contribution < 1.29 is 1.37 Å². The van der Waals surface area contributed by atoms with Crippen molar-refractivity contribution in [3.8, 4) is 11.1 Å². The second kappa shape index (κ2) is 2.40. The van der Waals surface area contributed by atoms with E-state index in [-0.39, 0.29) is 6.40 Å². The van der Waals surface area contributed by atoms with Crippen LogP contribution in [0.25, 0.3) is 16.7 Å². The Morgan fingerprint density at radius 2 is 1.67 bits per heavy atom. The zero-order chi connectivity index (χ0) is 10.7. The van der Waals surface area contributed by atoms with Crippen molar-refractivity contribution in [1.29, 1.82) is 0 Å². The van der Waals surface area contributed by atoms with Crippen molar-refractivity contribution in [2.45, 2.75) is 6.40 Å². The van der Waals surface area contributed by atoms with Gasteiger partial charge in [-0.25, -0.2) is 0 Å². The predicted octanol–water partition coefficient (Wildman–Crippen LogP) is 3.65. The summed E-state index contributed by atoms with van der Waals surface area (Å²) in [6.45, 7) is 0. The van der Waals surface area contributed by atoms with Gasteiger partial charge < -0.3 is 0 Å². The molecule has 0 saturated heterocycles. The lowest BCUT2D eigenvalue weighted by Crippen LogP contribution is -1.82. The molecule has 0 saturated carbocycles. The van der Waals surface area contributed by atoms with Crippen LogP contribution < -0.4 is 0 Å². The molecule has 2 aromatic rings. The van der Waals surface area contributed by atoms with Crippen LogP contribution in [0.4, 0.5) is 0 Å². The Balaban J connectivity index is 2.18. The average molecular weight is 191 g/mol. The van der Waals surface area contributed by atoms with Crippen LogP contribution in [0.15, 0.2) is 48.5 Å². The summed E-state index contributed by atoms with van der Waals surface area (Å²) in [6.07, 6.45) is 1.89. The maximum atomic E-state index is 8.04. The van der Waals surface area contributed by atoms with Gasteiger partial charge in [0.25, 0.3) is 0 Å². The van der Waals surface area contributed by atoms with Gasteiger partial charge >= 0.3 is 0 Å². The van der Waals surface area contributed by atoms with Crippen LogP contribution in [0, 0.1) is 0 Å². The first-order valence-corrected chi connectivity index (χ1v) is 5.23. The van der Waals surface area contributed by atoms with Crippen molar-refractivity contribution in [2.24, 2.45) is 0 Å². The number of hydrogen-bond donors (Lipinski definition) is 0. The molecule has 0 spiro atoms. The van der Waals surface area contributed by atoms with Crippen LogP contribution in [-0.4, -0.2) is 0 Å². The van der Waals surface area contributed by atoms with Crippen molar-refractivity contribution in [3.05, 3.63) is 65.2 Å². The van der Waals surface area contributed by atoms with Crippen LogP contribution in [0.3, 0.4) is 0 Å². The van der Waals surface area contributed by atoms with Gasteiger partial charge in [-0.2, -0.15) is 0 Å². The molecule has 0 aromatic heterocycles. The Labute approximate surface area is 90.3 Å². The second-order valence-electron chi connectivity index (χ2n) is 4.06. The molecule has 0 amide bonds. The molecular weight excluding hydrogens is 180 g/mol. The van der Waals surface area contributed by atoms with E-state index in [1.165, 1.54) is 27.8 Å². The normalized spacial score (nSPS) is 20.7. The number of rotatable bonds is 0. The van der Waals surface area contributed by atoms with Crippen LogP contribution in [0.5, 0.6) is 0 Å². The first-order chi connectivity index (χ1) is 7.86. The quantitative estimate of drug-likeness (QED) is 0.508. The summed E-state index contributed by atoms with van der Waals surface area (Å²) in [5.41, 5.74) is 7.62. The molecule has 4 rings (SSSR count). The Morgan fingerprint density at radius 1 is 0.867 bits per heavy atom. The van der Waals surface area contributed by atoms with Crippen LogP contribution in [-0.2, 0) is 6.40 Å². The maximum absolute atomic E-state index is 8.04. The largest absolute Gasteiger partial charge is 0.0716 e. The van der Waals surface area contributed by atoms with Gasteiger partial charge in [0.1, 0.15) is 0 Å². The summed E-state index contributed by atoms with van der Waals surface area (Å²) < 4.78 is 8.04. The highest BCUT2D eigenvalue weighted by atomic mass is 14.3. The molecule has 0 radical (unpaired) electrons. The molecule has 0 nitrogen and oxygen atoms in total. The Morgan fingerprint density at radius 3 is 2.60 bits per heavy atom. The van der Waals surface area contributed by atoms with Crippen molar-refractivity contribution in [1.82, 2.24) is 0 Å². The zero-order valence-electron chi connectivity index (χ0n) is 9.20. The van der Waals surface area contributed by atoms with E-state index in [4.69, 9.17) is 1.37 Å². The monoisotopic (exact) mass is 191 g/mol. The fourth-order valence-electron chi connectivity index (χ4n) is 2.67. The standard InChI is InChI=1S/C15H10/c1-2-6-12-11(5-1)13-7-3-4-10-8-9-14(12)15(10)13/h1-7,9H,8H2/i8D. The minimum atomic E-state index is -0.182. The van der Waals surface area contributed by atoms with Gasteiger partial charge in [-0.05, 0) is 39.8 Å². The van der Waals surface area contributed by atoms with Crippen molar-refractivity contribution in [3.63, 3.8) is 0 Å². The van der Waals surface area contributed by atoms with Gasteiger partial charge in [-0.15, -0.1) is 0 Å². The van der Waals surface area contributed by atoms with Gasteiger partial charge in [0.05, 0.1) is 0 Å². The van der Waals surface area contributed by atoms with Gasteiger partial charge in [-0.3, -0.25) is 0 Å². The molecule has 0 fully saturated rings. The molecule has 1 unspecified atom stereocenters. The fraction of sp³-hybridized carbons (Fsp3) is 0.0667. The summed E-state index contributed by atoms with van der Waals surface area (Å²) >= 11 is 0. The van der Waals surface area contributed by atoms with E-state index in [1.54, 1.807) is 0 Å². The highest BCUT2D eigenvalue weighted by Crippen LogP contribution is 2.48. The molecule has 0 bridgehead atoms. The van der Waals surface area contributed by atoms with Crippen LogP contribution in [0.2, 0.25) is 0 Å². The molecule has 0 aliphatic heterocycles. The van der Waals surface area contributed by atoms with E-state index >= 15 is 0 Å². The lowest BCUT2D eigenvalue weighted by atomic mass is 10.0. The lowest BCUT2D eigenvalue weighted by molar-refractivity contribution is 1.31. The minimum absolute atomic E-state index is 0.182. The van der Waals surface area contributed by atoms with Crippen LogP contribution >= 0.6 is 0 Å². The SMILES string of the molecule is [2H]C1C=C2c3ccccc3-c3cccc1c32. The molecule has 0 heteroatoms.